The maximum atomic E-state index is 12.6. The van der Waals surface area contributed by atoms with Gasteiger partial charge in [-0.3, -0.25) is 29.2 Å². The minimum Gasteiger partial charge on any atom is -0.492 e. The first-order valence-electron chi connectivity index (χ1n) is 25.0. The smallest absolute Gasteiger partial charge is 0.407 e. The molecule has 0 saturated carbocycles. The summed E-state index contributed by atoms with van der Waals surface area (Å²) in [5.74, 6) is -3.32. The van der Waals surface area contributed by atoms with Crippen LogP contribution in [0.4, 0.5) is 9.59 Å². The number of hydrogen-bond donors (Lipinski definition) is 12. The number of ether oxygens (including phenoxy) is 7. The molecule has 4 amide bonds. The lowest BCUT2D eigenvalue weighted by Gasteiger charge is -2.16. The Bertz CT molecular complexity index is 2360. The zero-order chi connectivity index (χ0) is 57.1. The summed E-state index contributed by atoms with van der Waals surface area (Å²) < 4.78 is 91.3. The summed E-state index contributed by atoms with van der Waals surface area (Å²) in [5, 5.41) is 40.9. The Morgan fingerprint density at radius 3 is 1.22 bits per heavy atom. The zero-order valence-corrected chi connectivity index (χ0v) is 44.9. The predicted molar refractivity (Wildman–Crippen MR) is 282 cm³/mol. The molecule has 2 atom stereocenters. The number of benzene rings is 2. The number of hydrogen-bond acceptors (Lipinski definition) is 23. The molecule has 0 aromatic heterocycles. The number of nitrogens with zero attached hydrogens (tertiary/aromatic N) is 2. The minimum atomic E-state index is -4.23. The summed E-state index contributed by atoms with van der Waals surface area (Å²) in [6.45, 7) is 3.04. The molecule has 440 valence electrons. The molecule has 0 bridgehead atoms. The standard InChI is InChI=1S/C46H70N12O19S2/c59-39(33-3-7-35(8-4-33)74-19-15-51-43-47-11-1-12-48-43)55-31-37(41(61)62)57-78(67,68)29-17-53-45(65)76-27-25-72-23-21-71-22-24-73-26-28-77-46(66)54-18-30-79(69,70)58-38(42(63)64)32-56-40(60)34-5-9-36(10-6-34)75-20-16-52-44-49-13-2-14-50-44/h3-10,37-38,57-58H,1-2,11-32H2,(H,53,65)(H,54,66)(H,55,59)(H,56,60)(H,61,62)(H,63,64)(H2,47,48,51)(H2,49,50,52)/t37-,38-/m0/s1. The van der Waals surface area contributed by atoms with E-state index in [2.05, 4.69) is 52.5 Å². The molecule has 33 heteroatoms. The van der Waals surface area contributed by atoms with Crippen molar-refractivity contribution in [1.82, 2.24) is 52.0 Å². The van der Waals surface area contributed by atoms with Crippen LogP contribution in [0.1, 0.15) is 33.6 Å². The minimum absolute atomic E-state index is 0.0171. The Balaban J connectivity index is 0.935. The summed E-state index contributed by atoms with van der Waals surface area (Å²) in [5.41, 5.74) is 0.378. The third kappa shape index (κ3) is 28.2. The van der Waals surface area contributed by atoms with E-state index in [0.29, 0.717) is 49.7 Å². The lowest BCUT2D eigenvalue weighted by atomic mass is 10.2. The Morgan fingerprint density at radius 2 is 0.873 bits per heavy atom. The fourth-order valence-corrected chi connectivity index (χ4v) is 8.71. The number of aliphatic imine (C=N–C) groups is 2. The van der Waals surface area contributed by atoms with Crippen molar-refractivity contribution in [2.75, 3.05) is 143 Å². The van der Waals surface area contributed by atoms with E-state index in [1.165, 1.54) is 24.3 Å². The van der Waals surface area contributed by atoms with Crippen LogP contribution in [-0.4, -0.2) is 230 Å². The molecule has 2 aromatic rings. The van der Waals surface area contributed by atoms with Crippen LogP contribution in [0.2, 0.25) is 0 Å². The SMILES string of the molecule is O=C(NCCS(=O)(=O)N[C@@H](CNC(=O)c1ccc(OCCNC2=NCCCN2)cc1)C(=O)O)OCCOCCOCCOCCOC(=O)NCCS(=O)(=O)N[C@@H](CNC(=O)c1ccc(OCCNC2=NCCCN2)cc1)C(=O)O. The van der Waals surface area contributed by atoms with Crippen LogP contribution in [-0.2, 0) is 53.3 Å². The number of carbonyl (C=O) groups is 6. The predicted octanol–water partition coefficient (Wildman–Crippen LogP) is -3.27. The molecule has 2 aliphatic heterocycles. The Kier molecular flexibility index (Phi) is 29.3. The zero-order valence-electron chi connectivity index (χ0n) is 43.3. The van der Waals surface area contributed by atoms with Gasteiger partial charge in [-0.05, 0) is 61.4 Å². The number of alkyl carbamates (subject to hydrolysis) is 2. The Hall–Kier alpha value is -7.30. The van der Waals surface area contributed by atoms with E-state index in [9.17, 15) is 55.8 Å². The van der Waals surface area contributed by atoms with E-state index in [1.807, 2.05) is 9.44 Å². The second-order valence-corrected chi connectivity index (χ2v) is 20.4. The molecule has 4 rings (SSSR count). The van der Waals surface area contributed by atoms with Crippen molar-refractivity contribution >= 4 is 67.9 Å². The van der Waals surface area contributed by atoms with Crippen molar-refractivity contribution in [1.29, 1.82) is 0 Å². The molecule has 2 aromatic carbocycles. The highest BCUT2D eigenvalue weighted by molar-refractivity contribution is 7.89. The summed E-state index contributed by atoms with van der Waals surface area (Å²) in [6.07, 6.45) is 0.0521. The Labute approximate surface area is 456 Å². The highest BCUT2D eigenvalue weighted by Crippen LogP contribution is 2.13. The molecule has 2 heterocycles. The maximum absolute atomic E-state index is 12.6. The lowest BCUT2D eigenvalue weighted by Crippen LogP contribution is -2.49. The highest BCUT2D eigenvalue weighted by atomic mass is 32.2. The molecule has 0 unspecified atom stereocenters. The molecule has 31 nitrogen and oxygen atoms in total. The van der Waals surface area contributed by atoms with E-state index in [4.69, 9.17) is 33.2 Å². The van der Waals surface area contributed by atoms with Crippen LogP contribution in [0, 0.1) is 0 Å². The van der Waals surface area contributed by atoms with Gasteiger partial charge in [0.15, 0.2) is 11.9 Å². The molecule has 0 spiro atoms. The quantitative estimate of drug-likeness (QED) is 0.0294. The van der Waals surface area contributed by atoms with Gasteiger partial charge in [0.2, 0.25) is 20.0 Å². The number of nitrogens with one attached hydrogen (secondary N) is 10. The van der Waals surface area contributed by atoms with Gasteiger partial charge >= 0.3 is 24.1 Å². The van der Waals surface area contributed by atoms with E-state index in [0.717, 1.165) is 39.0 Å². The van der Waals surface area contributed by atoms with E-state index < -0.39 is 106 Å². The van der Waals surface area contributed by atoms with Crippen molar-refractivity contribution in [2.24, 2.45) is 9.98 Å². The van der Waals surface area contributed by atoms with Gasteiger partial charge < -0.3 is 85.9 Å². The largest absolute Gasteiger partial charge is 0.492 e. The molecule has 12 N–H and O–H groups in total. The van der Waals surface area contributed by atoms with Gasteiger partial charge in [0.1, 0.15) is 50.0 Å². The first-order valence-corrected chi connectivity index (χ1v) is 28.4. The molecule has 0 radical (unpaired) electrons. The topological polar surface area (TPSA) is 421 Å². The van der Waals surface area contributed by atoms with E-state index >= 15 is 0 Å². The number of guanidine groups is 2. The van der Waals surface area contributed by atoms with Crippen molar-refractivity contribution in [3.8, 4) is 11.5 Å². The van der Waals surface area contributed by atoms with E-state index in [-0.39, 0.29) is 64.0 Å². The van der Waals surface area contributed by atoms with Gasteiger partial charge in [-0.2, -0.15) is 9.44 Å². The fraction of sp³-hybridized carbons (Fsp3) is 0.565. The molecule has 0 saturated heterocycles. The van der Waals surface area contributed by atoms with Crippen molar-refractivity contribution in [3.63, 3.8) is 0 Å². The van der Waals surface area contributed by atoms with Crippen LogP contribution in [0.25, 0.3) is 0 Å². The molecular formula is C46H70N12O19S2. The first-order chi connectivity index (χ1) is 38.0. The second-order valence-electron chi connectivity index (χ2n) is 16.7. The molecule has 0 aliphatic carbocycles. The second kappa shape index (κ2) is 36.0. The number of rotatable bonds is 38. The lowest BCUT2D eigenvalue weighted by molar-refractivity contribution is -0.139. The molecule has 79 heavy (non-hydrogen) atoms. The number of carbonyl (C=O) groups excluding carboxylic acids is 4. The van der Waals surface area contributed by atoms with Gasteiger partial charge in [-0.25, -0.2) is 26.4 Å². The van der Waals surface area contributed by atoms with Crippen LogP contribution >= 0.6 is 0 Å². The van der Waals surface area contributed by atoms with Gasteiger partial charge in [-0.15, -0.1) is 0 Å². The van der Waals surface area contributed by atoms with Gasteiger partial charge in [0.05, 0.1) is 64.2 Å². The third-order valence-corrected chi connectivity index (χ3v) is 13.2. The number of amides is 4. The normalized spacial score (nSPS) is 14.0. The Morgan fingerprint density at radius 1 is 0.506 bits per heavy atom. The average Bonchev–Trinajstić information content (AvgIpc) is 3.43. The fourth-order valence-electron chi connectivity index (χ4n) is 6.49. The van der Waals surface area contributed by atoms with Crippen LogP contribution in [0.3, 0.4) is 0 Å². The van der Waals surface area contributed by atoms with Crippen molar-refractivity contribution in [3.05, 3.63) is 59.7 Å². The monoisotopic (exact) mass is 1160 g/mol. The summed E-state index contributed by atoms with van der Waals surface area (Å²) in [6, 6.07) is 8.76. The van der Waals surface area contributed by atoms with E-state index in [1.54, 1.807) is 24.3 Å². The molecule has 2 aliphatic rings. The van der Waals surface area contributed by atoms with Gasteiger partial charge in [0.25, 0.3) is 11.8 Å². The molecular weight excluding hydrogens is 1090 g/mol. The van der Waals surface area contributed by atoms with Gasteiger partial charge in [-0.1, -0.05) is 0 Å². The summed E-state index contributed by atoms with van der Waals surface area (Å²) >= 11 is 0. The number of sulfonamides is 2. The number of aliphatic carboxylic acids is 2. The first kappa shape index (κ1) is 64.2. The van der Waals surface area contributed by atoms with Gasteiger partial charge in [0, 0.05) is 63.5 Å². The van der Waals surface area contributed by atoms with Crippen LogP contribution < -0.4 is 61.5 Å². The summed E-state index contributed by atoms with van der Waals surface area (Å²) in [4.78, 5) is 81.4. The molecule has 0 fully saturated rings. The van der Waals surface area contributed by atoms with Crippen LogP contribution in [0.5, 0.6) is 11.5 Å². The number of carboxylic acids is 2. The van der Waals surface area contributed by atoms with Crippen molar-refractivity contribution in [2.45, 2.75) is 24.9 Å². The summed E-state index contributed by atoms with van der Waals surface area (Å²) in [7, 11) is -8.46. The van der Waals surface area contributed by atoms with Crippen molar-refractivity contribution < 1.29 is 89.0 Å². The number of carboxylic acid groups (broad SMARTS) is 2. The highest BCUT2D eigenvalue weighted by Gasteiger charge is 2.27. The maximum Gasteiger partial charge on any atom is 0.407 e. The van der Waals surface area contributed by atoms with Crippen LogP contribution in [0.15, 0.2) is 58.5 Å². The average molecular weight is 1160 g/mol. The third-order valence-electron chi connectivity index (χ3n) is 10.5.